The molecule has 16 heavy (non-hydrogen) atoms. The summed E-state index contributed by atoms with van der Waals surface area (Å²) < 4.78 is 28.2. The Hall–Kier alpha value is -1.37. The van der Waals surface area contributed by atoms with Gasteiger partial charge in [0.25, 0.3) is 0 Å². The van der Waals surface area contributed by atoms with Crippen molar-refractivity contribution >= 4 is 15.8 Å². The fraction of sp³-hybridized carbons (Fsp3) is 0.556. The van der Waals surface area contributed by atoms with Crippen molar-refractivity contribution in [2.45, 2.75) is 24.5 Å². The minimum absolute atomic E-state index is 0.119. The van der Waals surface area contributed by atoms with E-state index in [0.717, 1.165) is 0 Å². The van der Waals surface area contributed by atoms with Gasteiger partial charge < -0.3 is 9.52 Å². The van der Waals surface area contributed by atoms with Gasteiger partial charge in [-0.05, 0) is 12.8 Å². The summed E-state index contributed by atoms with van der Waals surface area (Å²) in [6, 6.07) is 0. The number of nitrogens with zero attached hydrogens (tertiary/aromatic N) is 1. The number of rotatable bonds is 3. The first-order valence-corrected chi connectivity index (χ1v) is 6.58. The van der Waals surface area contributed by atoms with Crippen molar-refractivity contribution in [2.24, 2.45) is 0 Å². The van der Waals surface area contributed by atoms with E-state index < -0.39 is 21.1 Å². The van der Waals surface area contributed by atoms with E-state index in [1.807, 2.05) is 0 Å². The molecule has 1 aliphatic heterocycles. The zero-order chi connectivity index (χ0) is 11.8. The zero-order valence-corrected chi connectivity index (χ0v) is 9.24. The van der Waals surface area contributed by atoms with Crippen LogP contribution < -0.4 is 0 Å². The maximum Gasteiger partial charge on any atom is 0.309 e. The smallest absolute Gasteiger partial charge is 0.309 e. The van der Waals surface area contributed by atoms with Gasteiger partial charge in [-0.15, -0.1) is 0 Å². The van der Waals surface area contributed by atoms with Crippen molar-refractivity contribution in [3.05, 3.63) is 17.8 Å². The van der Waals surface area contributed by atoms with Gasteiger partial charge in [-0.3, -0.25) is 4.79 Å². The largest absolute Gasteiger partial charge is 0.481 e. The Balaban J connectivity index is 2.22. The summed E-state index contributed by atoms with van der Waals surface area (Å²) >= 11 is 0. The van der Waals surface area contributed by atoms with E-state index in [9.17, 15) is 13.2 Å². The summed E-state index contributed by atoms with van der Waals surface area (Å²) in [5.74, 6) is -0.753. The number of sulfone groups is 1. The third kappa shape index (κ3) is 2.08. The van der Waals surface area contributed by atoms with E-state index in [1.165, 1.54) is 6.26 Å². The molecule has 88 valence electrons. The predicted octanol–water partition coefficient (Wildman–Crippen LogP) is 0.551. The monoisotopic (exact) mass is 245 g/mol. The molecule has 2 heterocycles. The molecule has 7 heteroatoms. The average molecular weight is 245 g/mol. The van der Waals surface area contributed by atoms with Crippen LogP contribution in [0.3, 0.4) is 0 Å². The second-order valence-corrected chi connectivity index (χ2v) is 6.05. The number of aliphatic carboxylic acids is 1. The summed E-state index contributed by atoms with van der Waals surface area (Å²) in [5, 5.41) is 7.85. The number of hydrogen-bond donors (Lipinski definition) is 1. The molecular formula is C9H11NO5S. The fourth-order valence-electron chi connectivity index (χ4n) is 1.78. The van der Waals surface area contributed by atoms with Crippen LogP contribution in [-0.2, 0) is 21.1 Å². The van der Waals surface area contributed by atoms with Gasteiger partial charge in [0.15, 0.2) is 9.84 Å². The van der Waals surface area contributed by atoms with E-state index >= 15 is 0 Å². The Bertz CT molecular complexity index is 504. The first kappa shape index (κ1) is 11.1. The highest BCUT2D eigenvalue weighted by Gasteiger charge is 2.36. The lowest BCUT2D eigenvalue weighted by atomic mass is 10.2. The predicted molar refractivity (Wildman–Crippen MR) is 53.6 cm³/mol. The maximum atomic E-state index is 11.6. The Kier molecular flexibility index (Phi) is 2.71. The fourth-order valence-corrected chi connectivity index (χ4v) is 3.57. The van der Waals surface area contributed by atoms with Crippen molar-refractivity contribution in [1.82, 2.24) is 4.98 Å². The lowest BCUT2D eigenvalue weighted by Crippen LogP contribution is -2.08. The summed E-state index contributed by atoms with van der Waals surface area (Å²) in [5.41, 5.74) is 0.254. The van der Waals surface area contributed by atoms with Crippen LogP contribution in [0.25, 0.3) is 0 Å². The Morgan fingerprint density at radius 3 is 2.94 bits per heavy atom. The normalized spacial score (nSPS) is 23.4. The minimum Gasteiger partial charge on any atom is -0.481 e. The third-order valence-corrected chi connectivity index (χ3v) is 4.67. The van der Waals surface area contributed by atoms with E-state index in [1.54, 1.807) is 0 Å². The quantitative estimate of drug-likeness (QED) is 0.835. The second-order valence-electron chi connectivity index (χ2n) is 3.75. The molecule has 0 bridgehead atoms. The molecule has 0 spiro atoms. The molecule has 6 nitrogen and oxygen atoms in total. The standard InChI is InChI=1S/C9H11NO5S/c11-8(12)4-6-5-15-9(10-6)7-2-1-3-16(7,13)14/h5,7H,1-4H2,(H,11,12). The highest BCUT2D eigenvalue weighted by Crippen LogP contribution is 2.33. The third-order valence-electron chi connectivity index (χ3n) is 2.51. The van der Waals surface area contributed by atoms with E-state index in [4.69, 9.17) is 9.52 Å². The number of carboxylic acid groups (broad SMARTS) is 1. The van der Waals surface area contributed by atoms with Gasteiger partial charge in [-0.2, -0.15) is 0 Å². The van der Waals surface area contributed by atoms with Crippen LogP contribution in [0.15, 0.2) is 10.7 Å². The van der Waals surface area contributed by atoms with E-state index in [2.05, 4.69) is 4.98 Å². The molecule has 1 aromatic heterocycles. The number of aromatic nitrogens is 1. The SMILES string of the molecule is O=C(O)Cc1coc(C2CCCS2(=O)=O)n1. The zero-order valence-electron chi connectivity index (χ0n) is 8.42. The van der Waals surface area contributed by atoms with Gasteiger partial charge in [-0.1, -0.05) is 0 Å². The summed E-state index contributed by atoms with van der Waals surface area (Å²) in [6.45, 7) is 0. The molecule has 1 aromatic rings. The van der Waals surface area contributed by atoms with Crippen molar-refractivity contribution in [2.75, 3.05) is 5.75 Å². The molecule has 1 saturated heterocycles. The minimum atomic E-state index is -3.16. The molecule has 0 saturated carbocycles. The number of oxazole rings is 1. The highest BCUT2D eigenvalue weighted by atomic mass is 32.2. The summed E-state index contributed by atoms with van der Waals surface area (Å²) in [6.07, 6.45) is 2.05. The van der Waals surface area contributed by atoms with Crippen LogP contribution in [0.4, 0.5) is 0 Å². The second kappa shape index (κ2) is 3.89. The molecule has 1 fully saturated rings. The number of carbonyl (C=O) groups is 1. The number of hydrogen-bond acceptors (Lipinski definition) is 5. The van der Waals surface area contributed by atoms with Crippen LogP contribution in [0.1, 0.15) is 29.7 Å². The van der Waals surface area contributed by atoms with Crippen LogP contribution in [-0.4, -0.2) is 30.2 Å². The highest BCUT2D eigenvalue weighted by molar-refractivity contribution is 7.91. The van der Waals surface area contributed by atoms with Crippen LogP contribution in [0.5, 0.6) is 0 Å². The van der Waals surface area contributed by atoms with Gasteiger partial charge in [0, 0.05) is 0 Å². The topological polar surface area (TPSA) is 97.5 Å². The molecule has 0 aromatic carbocycles. The molecule has 0 aliphatic carbocycles. The van der Waals surface area contributed by atoms with Gasteiger partial charge in [0.05, 0.1) is 17.9 Å². The molecule has 1 unspecified atom stereocenters. The molecular weight excluding hydrogens is 234 g/mol. The molecule has 1 aliphatic rings. The van der Waals surface area contributed by atoms with Gasteiger partial charge in [0.1, 0.15) is 11.5 Å². The lowest BCUT2D eigenvalue weighted by Gasteiger charge is -2.02. The Morgan fingerprint density at radius 2 is 2.38 bits per heavy atom. The lowest BCUT2D eigenvalue weighted by molar-refractivity contribution is -0.136. The van der Waals surface area contributed by atoms with Crippen molar-refractivity contribution in [1.29, 1.82) is 0 Å². The molecule has 1 atom stereocenters. The molecule has 0 radical (unpaired) electrons. The van der Waals surface area contributed by atoms with E-state index in [0.29, 0.717) is 12.8 Å². The van der Waals surface area contributed by atoms with Gasteiger partial charge in [0.2, 0.25) is 5.89 Å². The molecule has 0 amide bonds. The Morgan fingerprint density at radius 1 is 1.62 bits per heavy atom. The van der Waals surface area contributed by atoms with Crippen molar-refractivity contribution < 1.29 is 22.7 Å². The van der Waals surface area contributed by atoms with E-state index in [-0.39, 0.29) is 23.8 Å². The first-order chi connectivity index (χ1) is 7.49. The van der Waals surface area contributed by atoms with Crippen LogP contribution in [0.2, 0.25) is 0 Å². The molecule has 1 N–H and O–H groups in total. The average Bonchev–Trinajstić information content (AvgIpc) is 2.70. The van der Waals surface area contributed by atoms with Gasteiger partial charge >= 0.3 is 5.97 Å². The van der Waals surface area contributed by atoms with Gasteiger partial charge in [-0.25, -0.2) is 13.4 Å². The maximum absolute atomic E-state index is 11.6. The number of carboxylic acids is 1. The summed E-state index contributed by atoms with van der Waals surface area (Å²) in [4.78, 5) is 14.3. The van der Waals surface area contributed by atoms with Crippen molar-refractivity contribution in [3.63, 3.8) is 0 Å². The summed E-state index contributed by atoms with van der Waals surface area (Å²) in [7, 11) is -3.16. The van der Waals surface area contributed by atoms with Crippen molar-refractivity contribution in [3.8, 4) is 0 Å². The Labute approximate surface area is 92.2 Å². The molecule has 2 rings (SSSR count). The van der Waals surface area contributed by atoms with Crippen LogP contribution in [0, 0.1) is 0 Å². The van der Waals surface area contributed by atoms with Crippen LogP contribution >= 0.6 is 0 Å². The first-order valence-electron chi connectivity index (χ1n) is 4.87.